The third-order valence-electron chi connectivity index (χ3n) is 3.91. The predicted octanol–water partition coefficient (Wildman–Crippen LogP) is 4.57. The van der Waals surface area contributed by atoms with Crippen LogP contribution in [0.2, 0.25) is 0 Å². The summed E-state index contributed by atoms with van der Waals surface area (Å²) < 4.78 is 16.1. The van der Waals surface area contributed by atoms with Gasteiger partial charge >= 0.3 is 0 Å². The summed E-state index contributed by atoms with van der Waals surface area (Å²) in [6.07, 6.45) is 1.79. The maximum absolute atomic E-state index is 12.7. The van der Waals surface area contributed by atoms with Crippen molar-refractivity contribution in [2.24, 2.45) is 0 Å². The monoisotopic (exact) mass is 381 g/mol. The molecule has 3 rings (SSSR count). The molecule has 0 saturated carbocycles. The molecule has 0 aliphatic heterocycles. The second-order valence-corrected chi connectivity index (χ2v) is 6.13. The Balaban J connectivity index is 1.76. The van der Waals surface area contributed by atoms with E-state index < -0.39 is 0 Å². The Kier molecular flexibility index (Phi) is 6.62. The lowest BCUT2D eigenvalue weighted by atomic mass is 10.1. The summed E-state index contributed by atoms with van der Waals surface area (Å²) in [7, 11) is 0. The molecule has 1 heterocycles. The Labute approximate surface area is 163 Å². The van der Waals surface area contributed by atoms with E-state index in [0.717, 1.165) is 24.2 Å². The van der Waals surface area contributed by atoms with E-state index in [4.69, 9.17) is 14.1 Å². The number of aromatic nitrogens is 2. The lowest BCUT2D eigenvalue weighted by Crippen LogP contribution is -2.14. The molecule has 1 aromatic heterocycles. The van der Waals surface area contributed by atoms with E-state index in [0.29, 0.717) is 30.2 Å². The topological polar surface area (TPSA) is 86.5 Å². The maximum Gasteiger partial charge on any atom is 0.260 e. The van der Waals surface area contributed by atoms with Gasteiger partial charge in [0.05, 0.1) is 18.8 Å². The molecule has 0 bridgehead atoms. The number of ether oxygens (including phenoxy) is 2. The Hall–Kier alpha value is -3.35. The fraction of sp³-hybridized carbons (Fsp3) is 0.286. The average Bonchev–Trinajstić information content (AvgIpc) is 3.19. The van der Waals surface area contributed by atoms with Crippen LogP contribution in [-0.2, 0) is 0 Å². The second kappa shape index (κ2) is 9.55. The van der Waals surface area contributed by atoms with Crippen LogP contribution in [0.5, 0.6) is 11.5 Å². The zero-order valence-electron chi connectivity index (χ0n) is 16.0. The third-order valence-corrected chi connectivity index (χ3v) is 3.91. The van der Waals surface area contributed by atoms with Gasteiger partial charge in [0.2, 0.25) is 5.82 Å². The van der Waals surface area contributed by atoms with E-state index in [2.05, 4.69) is 22.6 Å². The van der Waals surface area contributed by atoms with Gasteiger partial charge in [0.25, 0.3) is 5.91 Å². The van der Waals surface area contributed by atoms with Gasteiger partial charge in [0.1, 0.15) is 11.5 Å². The number of hydrogen-bond acceptors (Lipinski definition) is 6. The van der Waals surface area contributed by atoms with Gasteiger partial charge in [-0.1, -0.05) is 26.0 Å². The first-order chi connectivity index (χ1) is 13.7. The largest absolute Gasteiger partial charge is 0.494 e. The molecule has 2 aromatic carbocycles. The van der Waals surface area contributed by atoms with Crippen LogP contribution in [0.25, 0.3) is 11.3 Å². The standard InChI is InChI=1S/C21H23N3O4/c1-3-13-26-16-11-9-15(10-12-16)19-20(24-28-23-19)22-21(25)17-7-5-6-8-18(17)27-14-4-2/h5-12H,3-4,13-14H2,1-2H3,(H,22,24,25). The van der Waals surface area contributed by atoms with Crippen molar-refractivity contribution >= 4 is 11.7 Å². The first-order valence-electron chi connectivity index (χ1n) is 9.32. The van der Waals surface area contributed by atoms with Gasteiger partial charge in [-0.3, -0.25) is 4.79 Å². The first kappa shape index (κ1) is 19.4. The van der Waals surface area contributed by atoms with Crippen molar-refractivity contribution in [3.05, 3.63) is 54.1 Å². The van der Waals surface area contributed by atoms with E-state index in [9.17, 15) is 4.79 Å². The van der Waals surface area contributed by atoms with Gasteiger partial charge in [-0.05, 0) is 59.6 Å². The lowest BCUT2D eigenvalue weighted by molar-refractivity contribution is 0.102. The molecule has 0 unspecified atom stereocenters. The molecular formula is C21H23N3O4. The molecule has 0 atom stereocenters. The molecule has 1 amide bonds. The SMILES string of the molecule is CCCOc1ccc(-c2nonc2NC(=O)c2ccccc2OCCC)cc1. The molecule has 0 saturated heterocycles. The van der Waals surface area contributed by atoms with E-state index >= 15 is 0 Å². The molecule has 146 valence electrons. The number of rotatable bonds is 9. The van der Waals surface area contributed by atoms with E-state index in [1.54, 1.807) is 18.2 Å². The number of nitrogens with one attached hydrogen (secondary N) is 1. The van der Waals surface area contributed by atoms with Crippen molar-refractivity contribution in [1.82, 2.24) is 10.3 Å². The van der Waals surface area contributed by atoms with E-state index in [-0.39, 0.29) is 11.7 Å². The number of para-hydroxylation sites is 1. The van der Waals surface area contributed by atoms with Crippen molar-refractivity contribution in [1.29, 1.82) is 0 Å². The molecule has 0 spiro atoms. The normalized spacial score (nSPS) is 10.5. The van der Waals surface area contributed by atoms with Gasteiger partial charge in [0.15, 0.2) is 5.69 Å². The van der Waals surface area contributed by atoms with E-state index in [1.807, 2.05) is 37.3 Å². The fourth-order valence-electron chi connectivity index (χ4n) is 2.56. The van der Waals surface area contributed by atoms with Crippen LogP contribution in [0, 0.1) is 0 Å². The molecule has 0 radical (unpaired) electrons. The van der Waals surface area contributed by atoms with Crippen molar-refractivity contribution in [3.8, 4) is 22.8 Å². The van der Waals surface area contributed by atoms with Crippen molar-refractivity contribution in [3.63, 3.8) is 0 Å². The molecule has 1 N–H and O–H groups in total. The van der Waals surface area contributed by atoms with Gasteiger partial charge in [-0.15, -0.1) is 0 Å². The summed E-state index contributed by atoms with van der Waals surface area (Å²) in [5.74, 6) is 1.20. The zero-order chi connectivity index (χ0) is 19.8. The molecule has 3 aromatic rings. The van der Waals surface area contributed by atoms with Crippen LogP contribution in [-0.4, -0.2) is 29.4 Å². The lowest BCUT2D eigenvalue weighted by Gasteiger charge is -2.10. The smallest absolute Gasteiger partial charge is 0.260 e. The fourth-order valence-corrected chi connectivity index (χ4v) is 2.56. The number of carbonyl (C=O) groups excluding carboxylic acids is 1. The van der Waals surface area contributed by atoms with Gasteiger partial charge in [-0.25, -0.2) is 4.63 Å². The number of anilines is 1. The average molecular weight is 381 g/mol. The van der Waals surface area contributed by atoms with Gasteiger partial charge < -0.3 is 14.8 Å². The summed E-state index contributed by atoms with van der Waals surface area (Å²) in [5, 5.41) is 10.5. The molecular weight excluding hydrogens is 358 g/mol. The Bertz CT molecular complexity index is 906. The van der Waals surface area contributed by atoms with Gasteiger partial charge in [-0.2, -0.15) is 0 Å². The number of amides is 1. The highest BCUT2D eigenvalue weighted by Crippen LogP contribution is 2.27. The number of nitrogens with zero attached hydrogens (tertiary/aromatic N) is 2. The summed E-state index contributed by atoms with van der Waals surface area (Å²) >= 11 is 0. The quantitative estimate of drug-likeness (QED) is 0.584. The minimum absolute atomic E-state index is 0.248. The summed E-state index contributed by atoms with van der Waals surface area (Å²) in [5.41, 5.74) is 1.63. The Morgan fingerprint density at radius 1 is 0.964 bits per heavy atom. The van der Waals surface area contributed by atoms with Crippen LogP contribution in [0.4, 0.5) is 5.82 Å². The summed E-state index contributed by atoms with van der Waals surface area (Å²) in [6, 6.07) is 14.5. The maximum atomic E-state index is 12.7. The van der Waals surface area contributed by atoms with Crippen LogP contribution in [0.15, 0.2) is 53.2 Å². The van der Waals surface area contributed by atoms with Crippen molar-refractivity contribution in [2.75, 3.05) is 18.5 Å². The number of carbonyl (C=O) groups is 1. The minimum Gasteiger partial charge on any atom is -0.494 e. The number of hydrogen-bond donors (Lipinski definition) is 1. The van der Waals surface area contributed by atoms with Crippen LogP contribution in [0.1, 0.15) is 37.0 Å². The zero-order valence-corrected chi connectivity index (χ0v) is 16.0. The van der Waals surface area contributed by atoms with Crippen molar-refractivity contribution < 1.29 is 18.9 Å². The third kappa shape index (κ3) is 4.68. The highest BCUT2D eigenvalue weighted by atomic mass is 16.6. The highest BCUT2D eigenvalue weighted by Gasteiger charge is 2.18. The summed E-state index contributed by atoms with van der Waals surface area (Å²) in [6.45, 7) is 5.25. The predicted molar refractivity (Wildman–Crippen MR) is 106 cm³/mol. The molecule has 0 fully saturated rings. The molecule has 7 heteroatoms. The minimum atomic E-state index is -0.341. The molecule has 28 heavy (non-hydrogen) atoms. The summed E-state index contributed by atoms with van der Waals surface area (Å²) in [4.78, 5) is 12.7. The van der Waals surface area contributed by atoms with Crippen LogP contribution in [0.3, 0.4) is 0 Å². The van der Waals surface area contributed by atoms with E-state index in [1.165, 1.54) is 0 Å². The highest BCUT2D eigenvalue weighted by molar-refractivity contribution is 6.07. The molecule has 0 aliphatic rings. The van der Waals surface area contributed by atoms with Crippen LogP contribution >= 0.6 is 0 Å². The Morgan fingerprint density at radius 2 is 1.68 bits per heavy atom. The molecule has 0 aliphatic carbocycles. The molecule has 7 nitrogen and oxygen atoms in total. The van der Waals surface area contributed by atoms with Gasteiger partial charge in [0, 0.05) is 5.56 Å². The van der Waals surface area contributed by atoms with Crippen molar-refractivity contribution in [2.45, 2.75) is 26.7 Å². The Morgan fingerprint density at radius 3 is 2.43 bits per heavy atom. The number of benzene rings is 2. The van der Waals surface area contributed by atoms with Crippen LogP contribution < -0.4 is 14.8 Å². The second-order valence-electron chi connectivity index (χ2n) is 6.13. The first-order valence-corrected chi connectivity index (χ1v) is 9.32.